The molecule has 4 N–H and O–H groups in total. The number of fused-ring (bicyclic) bond motifs is 1. The lowest BCUT2D eigenvalue weighted by molar-refractivity contribution is 0.371. The van der Waals surface area contributed by atoms with Crippen LogP contribution in [0.1, 0.15) is 31.5 Å². The number of aromatic amines is 1. The van der Waals surface area contributed by atoms with E-state index in [4.69, 9.17) is 10.2 Å². The highest BCUT2D eigenvalue weighted by Gasteiger charge is 2.21. The van der Waals surface area contributed by atoms with Crippen molar-refractivity contribution in [2.75, 3.05) is 5.73 Å². The van der Waals surface area contributed by atoms with Gasteiger partial charge in [-0.15, -0.1) is 0 Å². The Bertz CT molecular complexity index is 719. The smallest absolute Gasteiger partial charge is 0.183 e. The van der Waals surface area contributed by atoms with Crippen LogP contribution in [0.2, 0.25) is 0 Å². The topological polar surface area (TPSA) is 119 Å². The average molecular weight is 287 g/mol. The van der Waals surface area contributed by atoms with Gasteiger partial charge in [0, 0.05) is 0 Å². The summed E-state index contributed by atoms with van der Waals surface area (Å²) in [4.78, 5) is 19.8. The minimum absolute atomic E-state index is 0.0569. The van der Waals surface area contributed by atoms with Crippen LogP contribution in [-0.2, 0) is 6.54 Å². The largest absolute Gasteiger partial charge is 0.447 e. The summed E-state index contributed by atoms with van der Waals surface area (Å²) in [6.45, 7) is 4.73. The van der Waals surface area contributed by atoms with Crippen LogP contribution in [0.5, 0.6) is 0 Å². The number of aromatic nitrogens is 5. The predicted molar refractivity (Wildman–Crippen MR) is 77.0 cm³/mol. The van der Waals surface area contributed by atoms with Crippen LogP contribution in [-0.4, -0.2) is 24.9 Å². The van der Waals surface area contributed by atoms with Crippen LogP contribution in [0, 0.1) is 5.92 Å². The second-order valence-electron chi connectivity index (χ2n) is 5.14. The van der Waals surface area contributed by atoms with Crippen molar-refractivity contribution >= 4 is 17.0 Å². The van der Waals surface area contributed by atoms with Crippen LogP contribution in [0.15, 0.2) is 23.3 Å². The van der Waals surface area contributed by atoms with Gasteiger partial charge in [-0.3, -0.25) is 5.32 Å². The normalized spacial score (nSPS) is 13.1. The number of nitrogens with two attached hydrogens (primary N) is 1. The van der Waals surface area contributed by atoms with Crippen molar-refractivity contribution in [3.63, 3.8) is 0 Å². The van der Waals surface area contributed by atoms with Crippen molar-refractivity contribution in [2.24, 2.45) is 5.92 Å². The van der Waals surface area contributed by atoms with E-state index in [0.717, 1.165) is 5.76 Å². The molecule has 0 aliphatic rings. The van der Waals surface area contributed by atoms with Gasteiger partial charge in [0.2, 0.25) is 0 Å². The van der Waals surface area contributed by atoms with E-state index in [-0.39, 0.29) is 12.0 Å². The molecule has 0 bridgehead atoms. The molecule has 0 radical (unpaired) electrons. The number of nitrogen functional groups attached to an aromatic ring is 1. The summed E-state index contributed by atoms with van der Waals surface area (Å²) < 4.78 is 5.22. The molecule has 8 heteroatoms. The fourth-order valence-electron chi connectivity index (χ4n) is 2.18. The first kappa shape index (κ1) is 13.5. The Morgan fingerprint density at radius 2 is 2.24 bits per heavy atom. The minimum atomic E-state index is -0.0569. The van der Waals surface area contributed by atoms with Crippen LogP contribution in [0.3, 0.4) is 0 Å². The number of nitrogens with one attached hydrogen (secondary N) is 2. The molecule has 1 unspecified atom stereocenters. The summed E-state index contributed by atoms with van der Waals surface area (Å²) in [7, 11) is 0. The van der Waals surface area contributed by atoms with Crippen LogP contribution >= 0.6 is 0 Å². The second kappa shape index (κ2) is 5.49. The lowest BCUT2D eigenvalue weighted by Gasteiger charge is -2.20. The molecule has 21 heavy (non-hydrogen) atoms. The van der Waals surface area contributed by atoms with Crippen molar-refractivity contribution in [2.45, 2.75) is 26.4 Å². The van der Waals surface area contributed by atoms with E-state index in [1.807, 2.05) is 0 Å². The van der Waals surface area contributed by atoms with Crippen molar-refractivity contribution < 1.29 is 4.42 Å². The molecule has 3 aromatic heterocycles. The van der Waals surface area contributed by atoms with E-state index < -0.39 is 0 Å². The number of anilines is 1. The molecule has 0 saturated heterocycles. The molecule has 0 spiro atoms. The van der Waals surface area contributed by atoms with Gasteiger partial charge in [0.05, 0.1) is 25.1 Å². The third-order valence-corrected chi connectivity index (χ3v) is 3.26. The highest BCUT2D eigenvalue weighted by atomic mass is 16.3. The van der Waals surface area contributed by atoms with Crippen LogP contribution < -0.4 is 11.1 Å². The quantitative estimate of drug-likeness (QED) is 0.649. The van der Waals surface area contributed by atoms with Crippen molar-refractivity contribution in [1.29, 1.82) is 0 Å². The first-order valence-electron chi connectivity index (χ1n) is 6.72. The Balaban J connectivity index is 1.87. The number of hydrogen-bond acceptors (Lipinski definition) is 7. The molecule has 8 nitrogen and oxygen atoms in total. The van der Waals surface area contributed by atoms with Gasteiger partial charge >= 0.3 is 0 Å². The van der Waals surface area contributed by atoms with Gasteiger partial charge in [0.15, 0.2) is 23.7 Å². The molecule has 3 heterocycles. The highest BCUT2D eigenvalue weighted by Crippen LogP contribution is 2.22. The molecule has 0 saturated carbocycles. The van der Waals surface area contributed by atoms with E-state index in [2.05, 4.69) is 44.1 Å². The van der Waals surface area contributed by atoms with Crippen molar-refractivity contribution in [1.82, 2.24) is 30.2 Å². The van der Waals surface area contributed by atoms with Crippen LogP contribution in [0.25, 0.3) is 11.2 Å². The van der Waals surface area contributed by atoms with E-state index >= 15 is 0 Å². The van der Waals surface area contributed by atoms with Gasteiger partial charge < -0.3 is 15.1 Å². The Labute approximate surface area is 121 Å². The fourth-order valence-corrected chi connectivity index (χ4v) is 2.18. The molecule has 0 aliphatic carbocycles. The number of hydrogen-bond donors (Lipinski definition) is 3. The average Bonchev–Trinajstić information content (AvgIpc) is 3.09. The SMILES string of the molecule is CC(C)C(NCc1cnco1)c1nc(N)c2[nH]cnc2n1. The molecule has 0 fully saturated rings. The number of nitrogens with zero attached hydrogens (tertiary/aromatic N) is 4. The zero-order valence-corrected chi connectivity index (χ0v) is 11.9. The van der Waals surface area contributed by atoms with Crippen molar-refractivity contribution in [3.05, 3.63) is 30.5 Å². The fraction of sp³-hybridized carbons (Fsp3) is 0.385. The van der Waals surface area contributed by atoms with Gasteiger partial charge in [-0.1, -0.05) is 13.8 Å². The highest BCUT2D eigenvalue weighted by molar-refractivity contribution is 5.80. The Morgan fingerprint density at radius 1 is 1.38 bits per heavy atom. The predicted octanol–water partition coefficient (Wildman–Crippen LogP) is 1.41. The summed E-state index contributed by atoms with van der Waals surface area (Å²) in [5.74, 6) is 2.07. The third kappa shape index (κ3) is 2.70. The number of imidazole rings is 1. The van der Waals surface area contributed by atoms with Gasteiger partial charge in [-0.25, -0.2) is 19.9 Å². The number of oxazole rings is 1. The standard InChI is InChI=1S/C13H17N7O/c1-7(2)9(16-4-8-3-15-6-21-8)13-19-11(14)10-12(20-13)18-5-17-10/h3,5-7,9,16H,4H2,1-2H3,(H3,14,17,18,19,20). The molecule has 3 aromatic rings. The molecular weight excluding hydrogens is 270 g/mol. The molecule has 3 rings (SSSR count). The number of rotatable bonds is 5. The maximum absolute atomic E-state index is 5.95. The van der Waals surface area contributed by atoms with E-state index in [1.165, 1.54) is 6.39 Å². The zero-order valence-electron chi connectivity index (χ0n) is 11.9. The van der Waals surface area contributed by atoms with E-state index in [9.17, 15) is 0 Å². The summed E-state index contributed by atoms with van der Waals surface area (Å²) in [5.41, 5.74) is 7.19. The number of H-pyrrole nitrogens is 1. The molecule has 0 aromatic carbocycles. The first-order valence-corrected chi connectivity index (χ1v) is 6.72. The monoisotopic (exact) mass is 287 g/mol. The van der Waals surface area contributed by atoms with E-state index in [0.29, 0.717) is 29.4 Å². The first-order chi connectivity index (χ1) is 10.1. The van der Waals surface area contributed by atoms with Crippen molar-refractivity contribution in [3.8, 4) is 0 Å². The molecule has 1 atom stereocenters. The summed E-state index contributed by atoms with van der Waals surface area (Å²) in [6.07, 6.45) is 4.65. The molecule has 110 valence electrons. The van der Waals surface area contributed by atoms with Gasteiger partial charge in [0.1, 0.15) is 11.3 Å². The lowest BCUT2D eigenvalue weighted by Crippen LogP contribution is -2.27. The lowest BCUT2D eigenvalue weighted by atomic mass is 10.0. The Kier molecular flexibility index (Phi) is 3.53. The third-order valence-electron chi connectivity index (χ3n) is 3.26. The van der Waals surface area contributed by atoms with Gasteiger partial charge in [0.25, 0.3) is 0 Å². The Morgan fingerprint density at radius 3 is 2.95 bits per heavy atom. The van der Waals surface area contributed by atoms with Gasteiger partial charge in [-0.05, 0) is 5.92 Å². The molecule has 0 aliphatic heterocycles. The van der Waals surface area contributed by atoms with Gasteiger partial charge in [-0.2, -0.15) is 0 Å². The summed E-state index contributed by atoms with van der Waals surface area (Å²) in [5, 5.41) is 3.37. The maximum atomic E-state index is 5.95. The summed E-state index contributed by atoms with van der Waals surface area (Å²) >= 11 is 0. The minimum Gasteiger partial charge on any atom is -0.447 e. The second-order valence-corrected chi connectivity index (χ2v) is 5.14. The molecule has 0 amide bonds. The van der Waals surface area contributed by atoms with Crippen LogP contribution in [0.4, 0.5) is 5.82 Å². The maximum Gasteiger partial charge on any atom is 0.183 e. The zero-order chi connectivity index (χ0) is 14.8. The summed E-state index contributed by atoms with van der Waals surface area (Å²) in [6, 6.07) is -0.0569. The Hall–Kier alpha value is -2.48. The van der Waals surface area contributed by atoms with E-state index in [1.54, 1.807) is 12.5 Å². The molecular formula is C13H17N7O.